The number of hydrogen-bond acceptors (Lipinski definition) is 11. The number of carbonyl (C=O) groups excluding carboxylic acids is 1. The number of aliphatic hydroxyl groups is 1. The van der Waals surface area contributed by atoms with Crippen molar-refractivity contribution in [3.05, 3.63) is 30.0 Å². The van der Waals surface area contributed by atoms with Crippen LogP contribution in [0.4, 0.5) is 22.5 Å². The quantitative estimate of drug-likeness (QED) is 0.484. The number of aromatic nitrogens is 3. The van der Waals surface area contributed by atoms with E-state index in [2.05, 4.69) is 20.1 Å². The number of thiazole rings is 1. The monoisotopic (exact) mass is 539 g/mol. The van der Waals surface area contributed by atoms with Gasteiger partial charge in [0.1, 0.15) is 11.5 Å². The Balaban J connectivity index is 1.28. The van der Waals surface area contributed by atoms with Crippen LogP contribution >= 0.6 is 11.3 Å². The third-order valence-electron chi connectivity index (χ3n) is 7.17. The second-order valence-electron chi connectivity index (χ2n) is 9.78. The highest BCUT2D eigenvalue weighted by atomic mass is 32.1. The summed E-state index contributed by atoms with van der Waals surface area (Å²) < 4.78 is 12.0. The molecular formula is C26H33N7O4S. The van der Waals surface area contributed by atoms with E-state index in [0.29, 0.717) is 55.8 Å². The topological polar surface area (TPSA) is 116 Å². The number of nitrogens with one attached hydrogen (secondary N) is 1. The number of ether oxygens (including phenoxy) is 2. The summed E-state index contributed by atoms with van der Waals surface area (Å²) in [6.07, 6.45) is 3.14. The van der Waals surface area contributed by atoms with Crippen LogP contribution in [0.2, 0.25) is 0 Å². The summed E-state index contributed by atoms with van der Waals surface area (Å²) in [5.41, 5.74) is 1.72. The first-order valence-corrected chi connectivity index (χ1v) is 14.1. The number of anilines is 4. The summed E-state index contributed by atoms with van der Waals surface area (Å²) in [5, 5.41) is 13.5. The summed E-state index contributed by atoms with van der Waals surface area (Å²) in [6, 6.07) is 7.45. The van der Waals surface area contributed by atoms with Gasteiger partial charge in [-0.25, -0.2) is 9.97 Å². The molecule has 0 bridgehead atoms. The van der Waals surface area contributed by atoms with E-state index in [1.54, 1.807) is 17.4 Å². The molecule has 6 heterocycles. The Morgan fingerprint density at radius 2 is 1.82 bits per heavy atom. The maximum Gasteiger partial charge on any atom is 0.274 e. The minimum Gasteiger partial charge on any atom is -0.394 e. The van der Waals surface area contributed by atoms with Gasteiger partial charge in [-0.2, -0.15) is 4.98 Å². The number of piperidine rings is 1. The Bertz CT molecular complexity index is 1280. The van der Waals surface area contributed by atoms with Gasteiger partial charge in [0.25, 0.3) is 5.91 Å². The molecule has 38 heavy (non-hydrogen) atoms. The van der Waals surface area contributed by atoms with Gasteiger partial charge in [0, 0.05) is 39.3 Å². The van der Waals surface area contributed by atoms with Crippen molar-refractivity contribution >= 4 is 50.0 Å². The minimum atomic E-state index is -0.281. The highest BCUT2D eigenvalue weighted by molar-refractivity contribution is 7.22. The summed E-state index contributed by atoms with van der Waals surface area (Å²) in [5.74, 6) is 1.18. The molecule has 202 valence electrons. The first-order valence-electron chi connectivity index (χ1n) is 13.3. The number of morpholine rings is 2. The fourth-order valence-electron chi connectivity index (χ4n) is 5.12. The molecule has 3 aliphatic heterocycles. The number of amides is 1. The Labute approximate surface area is 225 Å². The fraction of sp³-hybridized carbons (Fsp3) is 0.538. The molecule has 0 aliphatic carbocycles. The molecule has 1 atom stereocenters. The van der Waals surface area contributed by atoms with E-state index in [4.69, 9.17) is 19.4 Å². The van der Waals surface area contributed by atoms with Gasteiger partial charge in [-0.15, -0.1) is 0 Å². The predicted molar refractivity (Wildman–Crippen MR) is 148 cm³/mol. The molecule has 0 unspecified atom stereocenters. The molecule has 3 saturated heterocycles. The molecule has 0 radical (unpaired) electrons. The lowest BCUT2D eigenvalue weighted by molar-refractivity contribution is 0.00336. The van der Waals surface area contributed by atoms with Crippen molar-refractivity contribution in [2.24, 2.45) is 0 Å². The number of nitrogens with zero attached hydrogens (tertiary/aromatic N) is 6. The first kappa shape index (κ1) is 25.2. The lowest BCUT2D eigenvalue weighted by atomic mass is 10.1. The van der Waals surface area contributed by atoms with Crippen LogP contribution in [0.1, 0.15) is 29.8 Å². The van der Waals surface area contributed by atoms with Crippen molar-refractivity contribution < 1.29 is 19.4 Å². The first-order chi connectivity index (χ1) is 18.7. The van der Waals surface area contributed by atoms with Gasteiger partial charge in [0.05, 0.1) is 42.9 Å². The van der Waals surface area contributed by atoms with Crippen molar-refractivity contribution in [2.75, 3.05) is 85.7 Å². The largest absolute Gasteiger partial charge is 0.394 e. The summed E-state index contributed by atoms with van der Waals surface area (Å²) >= 11 is 1.59. The SMILES string of the molecule is O=C(Nc1cc2sc(N3CCOCC3)nc2nc1N1CCCCC1)c1cccc(N2CCO[C@@H](CO)C2)n1. The zero-order valence-corrected chi connectivity index (χ0v) is 22.2. The molecule has 3 aromatic rings. The minimum absolute atomic E-state index is 0.0454. The van der Waals surface area contributed by atoms with Gasteiger partial charge in [0.15, 0.2) is 16.6 Å². The van der Waals surface area contributed by atoms with Crippen molar-refractivity contribution in [3.8, 4) is 0 Å². The van der Waals surface area contributed by atoms with E-state index < -0.39 is 0 Å². The molecule has 3 aromatic heterocycles. The molecule has 12 heteroatoms. The number of aliphatic hydroxyl groups excluding tert-OH is 1. The van der Waals surface area contributed by atoms with Crippen molar-refractivity contribution in [1.29, 1.82) is 0 Å². The molecule has 11 nitrogen and oxygen atoms in total. The van der Waals surface area contributed by atoms with Gasteiger partial charge >= 0.3 is 0 Å². The standard InChI is InChI=1S/C26H33N7O4S/c34-17-18-16-33(11-14-37-18)22-6-4-5-19(27-22)25(35)28-20-15-21-23(29-24(20)31-7-2-1-3-8-31)30-26(38-21)32-9-12-36-13-10-32/h4-6,15,18,34H,1-3,7-14,16-17H2,(H,28,35)/t18-/m1/s1. The molecule has 0 saturated carbocycles. The van der Waals surface area contributed by atoms with Crippen LogP contribution in [0.3, 0.4) is 0 Å². The molecule has 2 N–H and O–H groups in total. The zero-order valence-electron chi connectivity index (χ0n) is 21.3. The maximum atomic E-state index is 13.5. The van der Waals surface area contributed by atoms with Crippen molar-refractivity contribution in [1.82, 2.24) is 15.0 Å². The summed E-state index contributed by atoms with van der Waals surface area (Å²) in [4.78, 5) is 34.4. The third-order valence-corrected chi connectivity index (χ3v) is 8.22. The Morgan fingerprint density at radius 1 is 1.00 bits per heavy atom. The highest BCUT2D eigenvalue weighted by Gasteiger charge is 2.24. The van der Waals surface area contributed by atoms with E-state index in [-0.39, 0.29) is 18.6 Å². The van der Waals surface area contributed by atoms with Crippen LogP contribution in [0, 0.1) is 0 Å². The number of carbonyl (C=O) groups is 1. The van der Waals surface area contributed by atoms with Gasteiger partial charge in [0.2, 0.25) is 0 Å². The summed E-state index contributed by atoms with van der Waals surface area (Å²) in [6.45, 7) is 6.47. The highest BCUT2D eigenvalue weighted by Crippen LogP contribution is 2.35. The second kappa shape index (κ2) is 11.4. The smallest absolute Gasteiger partial charge is 0.274 e. The van der Waals surface area contributed by atoms with E-state index in [1.165, 1.54) is 6.42 Å². The normalized spacial score (nSPS) is 20.7. The van der Waals surface area contributed by atoms with Crippen molar-refractivity contribution in [2.45, 2.75) is 25.4 Å². The van der Waals surface area contributed by atoms with Crippen LogP contribution in [-0.4, -0.2) is 97.8 Å². The molecule has 0 spiro atoms. The number of fused-ring (bicyclic) bond motifs is 1. The van der Waals surface area contributed by atoms with Gasteiger partial charge in [-0.05, 0) is 37.5 Å². The van der Waals surface area contributed by atoms with Crippen LogP contribution in [0.25, 0.3) is 10.3 Å². The predicted octanol–water partition coefficient (Wildman–Crippen LogP) is 2.36. The van der Waals surface area contributed by atoms with Crippen LogP contribution in [-0.2, 0) is 9.47 Å². The van der Waals surface area contributed by atoms with Gasteiger partial charge < -0.3 is 34.6 Å². The lowest BCUT2D eigenvalue weighted by Gasteiger charge is -2.33. The average molecular weight is 540 g/mol. The van der Waals surface area contributed by atoms with Gasteiger partial charge in [-0.3, -0.25) is 4.79 Å². The number of pyridine rings is 2. The Hall–Kier alpha value is -3.06. The number of hydrogen-bond donors (Lipinski definition) is 2. The Kier molecular flexibility index (Phi) is 7.54. The third kappa shape index (κ3) is 5.39. The van der Waals surface area contributed by atoms with Crippen molar-refractivity contribution in [3.63, 3.8) is 0 Å². The molecule has 3 aliphatic rings. The molecular weight excluding hydrogens is 506 g/mol. The fourth-order valence-corrected chi connectivity index (χ4v) is 6.12. The zero-order chi connectivity index (χ0) is 25.9. The molecule has 6 rings (SSSR count). The average Bonchev–Trinajstić information content (AvgIpc) is 3.41. The molecule has 0 aromatic carbocycles. The van der Waals surface area contributed by atoms with E-state index in [0.717, 1.165) is 54.7 Å². The number of rotatable bonds is 6. The van der Waals surface area contributed by atoms with E-state index in [9.17, 15) is 9.90 Å². The van der Waals surface area contributed by atoms with Crippen LogP contribution in [0.15, 0.2) is 24.3 Å². The lowest BCUT2D eigenvalue weighted by Crippen LogP contribution is -2.44. The Morgan fingerprint density at radius 3 is 2.63 bits per heavy atom. The maximum absolute atomic E-state index is 13.5. The van der Waals surface area contributed by atoms with Crippen LogP contribution in [0.5, 0.6) is 0 Å². The molecule has 3 fully saturated rings. The second-order valence-corrected chi connectivity index (χ2v) is 10.8. The van der Waals surface area contributed by atoms with Gasteiger partial charge in [-0.1, -0.05) is 17.4 Å². The van der Waals surface area contributed by atoms with Crippen LogP contribution < -0.4 is 20.0 Å². The van der Waals surface area contributed by atoms with E-state index >= 15 is 0 Å². The summed E-state index contributed by atoms with van der Waals surface area (Å²) in [7, 11) is 0. The molecule has 1 amide bonds. The van der Waals surface area contributed by atoms with E-state index in [1.807, 2.05) is 23.1 Å².